The van der Waals surface area contributed by atoms with Crippen LogP contribution in [-0.4, -0.2) is 9.97 Å². The van der Waals surface area contributed by atoms with Crippen LogP contribution >= 0.6 is 0 Å². The van der Waals surface area contributed by atoms with E-state index >= 15 is 0 Å². The molecule has 0 amide bonds. The van der Waals surface area contributed by atoms with Gasteiger partial charge in [0.15, 0.2) is 11.4 Å². The molecule has 9 heteroatoms. The Balaban J connectivity index is 1.83. The first-order chi connectivity index (χ1) is 12.3. The van der Waals surface area contributed by atoms with Gasteiger partial charge in [-0.25, -0.2) is 9.18 Å². The van der Waals surface area contributed by atoms with Crippen LogP contribution in [-0.2, 0) is 11.4 Å². The summed E-state index contributed by atoms with van der Waals surface area (Å²) in [6, 6.07) is 6.53. The third kappa shape index (κ3) is 2.41. The third-order valence-corrected chi connectivity index (χ3v) is 4.60. The number of hydrogen-bond acceptors (Lipinski definition) is 7. The monoisotopic (exact) mass is 356 g/mol. The minimum atomic E-state index is -1.46. The van der Waals surface area contributed by atoms with E-state index in [1.54, 1.807) is 24.4 Å². The Bertz CT molecular complexity index is 1090. The summed E-state index contributed by atoms with van der Waals surface area (Å²) in [6.45, 7) is 1.81. The van der Waals surface area contributed by atoms with Crippen molar-refractivity contribution in [3.8, 4) is 0 Å². The highest BCUT2D eigenvalue weighted by molar-refractivity contribution is 5.73. The van der Waals surface area contributed by atoms with Crippen molar-refractivity contribution in [1.29, 1.82) is 0 Å². The van der Waals surface area contributed by atoms with Crippen molar-refractivity contribution >= 4 is 11.1 Å². The van der Waals surface area contributed by atoms with Crippen molar-refractivity contribution in [3.05, 3.63) is 75.9 Å². The zero-order valence-electron chi connectivity index (χ0n) is 13.8. The lowest BCUT2D eigenvalue weighted by Crippen LogP contribution is -2.71. The number of oxazole rings is 1. The molecule has 8 nitrogen and oxygen atoms in total. The van der Waals surface area contributed by atoms with E-state index in [1.807, 2.05) is 6.92 Å². The van der Waals surface area contributed by atoms with Crippen molar-refractivity contribution in [2.75, 3.05) is 0 Å². The lowest BCUT2D eigenvalue weighted by molar-refractivity contribution is 0.187. The van der Waals surface area contributed by atoms with Crippen LogP contribution in [0.3, 0.4) is 0 Å². The van der Waals surface area contributed by atoms with E-state index in [9.17, 15) is 9.18 Å². The van der Waals surface area contributed by atoms with Gasteiger partial charge in [-0.3, -0.25) is 21.0 Å². The number of aromatic amines is 1. The van der Waals surface area contributed by atoms with Crippen LogP contribution in [0, 0.1) is 5.82 Å². The van der Waals surface area contributed by atoms with E-state index in [1.165, 1.54) is 12.3 Å². The van der Waals surface area contributed by atoms with E-state index < -0.39 is 23.0 Å². The molecular weight excluding hydrogens is 339 g/mol. The first-order valence-corrected chi connectivity index (χ1v) is 7.87. The average molecular weight is 356 g/mol. The van der Waals surface area contributed by atoms with Crippen LogP contribution in [0.15, 0.2) is 57.6 Å². The molecular formula is C17H17FN6O2. The molecule has 2 atom stereocenters. The van der Waals surface area contributed by atoms with Gasteiger partial charge in [-0.05, 0) is 36.3 Å². The van der Waals surface area contributed by atoms with Gasteiger partial charge in [-0.1, -0.05) is 6.07 Å². The molecule has 0 spiro atoms. The molecule has 7 N–H and O–H groups in total. The molecule has 0 saturated heterocycles. The number of nitrogens with two attached hydrogens (primary N) is 2. The summed E-state index contributed by atoms with van der Waals surface area (Å²) in [5.74, 6) is -2.58. The smallest absolute Gasteiger partial charge is 0.408 e. The molecule has 0 saturated carbocycles. The Morgan fingerprint density at radius 2 is 2.08 bits per heavy atom. The molecule has 2 unspecified atom stereocenters. The predicted octanol–water partition coefficient (Wildman–Crippen LogP) is 0.633. The molecule has 1 aliphatic heterocycles. The SMILES string of the molecule is CC1=CNC(N)(c2ccncc2F)NC1(N)c1ccc2oc(=O)[nH]c2c1. The Hall–Kier alpha value is -3.01. The fraction of sp³-hybridized carbons (Fsp3) is 0.176. The number of pyridine rings is 1. The van der Waals surface area contributed by atoms with E-state index in [-0.39, 0.29) is 5.56 Å². The second-order valence-electron chi connectivity index (χ2n) is 6.29. The topological polar surface area (TPSA) is 135 Å². The Kier molecular flexibility index (Phi) is 3.48. The number of fused-ring (bicyclic) bond motifs is 1. The first kappa shape index (κ1) is 16.5. The maximum Gasteiger partial charge on any atom is 0.417 e. The predicted molar refractivity (Wildman–Crippen MR) is 92.8 cm³/mol. The fourth-order valence-corrected chi connectivity index (χ4v) is 3.12. The van der Waals surface area contributed by atoms with Crippen LogP contribution in [0.2, 0.25) is 0 Å². The molecule has 26 heavy (non-hydrogen) atoms. The summed E-state index contributed by atoms with van der Waals surface area (Å²) in [7, 11) is 0. The largest absolute Gasteiger partial charge is 0.417 e. The van der Waals surface area contributed by atoms with Gasteiger partial charge < -0.3 is 15.5 Å². The number of aromatic nitrogens is 2. The summed E-state index contributed by atoms with van der Waals surface area (Å²) in [4.78, 5) is 17.7. The number of hydrogen-bond donors (Lipinski definition) is 5. The zero-order chi connectivity index (χ0) is 18.5. The summed E-state index contributed by atoms with van der Waals surface area (Å²) in [5.41, 5.74) is 14.2. The highest BCUT2D eigenvalue weighted by Gasteiger charge is 2.43. The molecule has 0 fully saturated rings. The van der Waals surface area contributed by atoms with Crippen molar-refractivity contribution in [2.24, 2.45) is 11.5 Å². The van der Waals surface area contributed by atoms with Gasteiger partial charge >= 0.3 is 5.76 Å². The molecule has 1 aliphatic rings. The Morgan fingerprint density at radius 3 is 2.85 bits per heavy atom. The fourth-order valence-electron chi connectivity index (χ4n) is 3.12. The molecule has 134 valence electrons. The number of halogens is 1. The first-order valence-electron chi connectivity index (χ1n) is 7.87. The lowest BCUT2D eigenvalue weighted by atomic mass is 9.89. The van der Waals surface area contributed by atoms with Crippen LogP contribution in [0.4, 0.5) is 4.39 Å². The molecule has 2 aromatic heterocycles. The number of benzene rings is 1. The molecule has 1 aromatic carbocycles. The van der Waals surface area contributed by atoms with Gasteiger partial charge in [0.05, 0.1) is 11.7 Å². The van der Waals surface area contributed by atoms with E-state index in [0.717, 1.165) is 11.8 Å². The average Bonchev–Trinajstić information content (AvgIpc) is 2.98. The van der Waals surface area contributed by atoms with Gasteiger partial charge in [-0.15, -0.1) is 0 Å². The number of H-pyrrole nitrogens is 1. The molecule has 3 aromatic rings. The third-order valence-electron chi connectivity index (χ3n) is 4.60. The maximum absolute atomic E-state index is 14.2. The van der Waals surface area contributed by atoms with Crippen LogP contribution in [0.5, 0.6) is 0 Å². The minimum Gasteiger partial charge on any atom is -0.408 e. The van der Waals surface area contributed by atoms with E-state index in [0.29, 0.717) is 16.7 Å². The maximum atomic E-state index is 14.2. The second kappa shape index (κ2) is 5.49. The standard InChI is InChI=1S/C17H17FN6O2/c1-9-7-22-17(20,11-4-5-21-8-12(11)18)24-16(9,19)10-2-3-14-13(6-10)23-15(25)26-14/h2-8,22,24H,19-20H2,1H3,(H,23,25). The summed E-state index contributed by atoms with van der Waals surface area (Å²) < 4.78 is 19.3. The minimum absolute atomic E-state index is 0.170. The molecule has 0 bridgehead atoms. The molecule has 3 heterocycles. The number of nitrogens with zero attached hydrogens (tertiary/aromatic N) is 1. The number of nitrogens with one attached hydrogen (secondary N) is 3. The molecule has 0 radical (unpaired) electrons. The van der Waals surface area contributed by atoms with Gasteiger partial charge in [-0.2, -0.15) is 0 Å². The van der Waals surface area contributed by atoms with Crippen LogP contribution in [0.25, 0.3) is 11.1 Å². The molecule has 4 rings (SSSR count). The number of rotatable bonds is 2. The Morgan fingerprint density at radius 1 is 1.27 bits per heavy atom. The van der Waals surface area contributed by atoms with Crippen molar-refractivity contribution < 1.29 is 8.81 Å². The van der Waals surface area contributed by atoms with Crippen LogP contribution < -0.4 is 27.9 Å². The summed E-state index contributed by atoms with van der Waals surface area (Å²) in [5, 5.41) is 6.04. The van der Waals surface area contributed by atoms with Gasteiger partial charge in [0.2, 0.25) is 0 Å². The highest BCUT2D eigenvalue weighted by atomic mass is 19.1. The highest BCUT2D eigenvalue weighted by Crippen LogP contribution is 2.32. The lowest BCUT2D eigenvalue weighted by Gasteiger charge is -2.46. The van der Waals surface area contributed by atoms with Gasteiger partial charge in [0, 0.05) is 18.0 Å². The summed E-state index contributed by atoms with van der Waals surface area (Å²) in [6.07, 6.45) is 4.17. The van der Waals surface area contributed by atoms with Crippen molar-refractivity contribution in [2.45, 2.75) is 18.4 Å². The normalized spacial score (nSPS) is 25.8. The van der Waals surface area contributed by atoms with Crippen molar-refractivity contribution in [1.82, 2.24) is 20.6 Å². The quantitative estimate of drug-likeness (QED) is 0.454. The van der Waals surface area contributed by atoms with Crippen LogP contribution in [0.1, 0.15) is 18.1 Å². The Labute approximate surface area is 147 Å². The van der Waals surface area contributed by atoms with E-state index in [4.69, 9.17) is 15.9 Å². The van der Waals surface area contributed by atoms with Gasteiger partial charge in [0.25, 0.3) is 0 Å². The summed E-state index contributed by atoms with van der Waals surface area (Å²) >= 11 is 0. The van der Waals surface area contributed by atoms with E-state index in [2.05, 4.69) is 20.6 Å². The zero-order valence-corrected chi connectivity index (χ0v) is 13.8. The molecule has 0 aliphatic carbocycles. The second-order valence-corrected chi connectivity index (χ2v) is 6.29. The van der Waals surface area contributed by atoms with Crippen molar-refractivity contribution in [3.63, 3.8) is 0 Å². The van der Waals surface area contributed by atoms with Gasteiger partial charge in [0.1, 0.15) is 11.5 Å².